The summed E-state index contributed by atoms with van der Waals surface area (Å²) in [5.41, 5.74) is 1.20. The number of rotatable bonds is 9. The Balaban J connectivity index is 1.54. The monoisotopic (exact) mass is 453 g/mol. The molecule has 0 saturated heterocycles. The number of hydrogen-bond donors (Lipinski definition) is 1. The molecule has 0 saturated carbocycles. The van der Waals surface area contributed by atoms with Crippen LogP contribution in [0, 0.1) is 0 Å². The van der Waals surface area contributed by atoms with Crippen molar-refractivity contribution in [1.82, 2.24) is 19.1 Å². The molecular weight excluding hydrogens is 426 g/mol. The van der Waals surface area contributed by atoms with Crippen LogP contribution >= 0.6 is 0 Å². The molecule has 0 radical (unpaired) electrons. The van der Waals surface area contributed by atoms with E-state index in [9.17, 15) is 14.4 Å². The molecule has 1 aliphatic rings. The number of aromatic nitrogens is 4. The van der Waals surface area contributed by atoms with E-state index in [0.29, 0.717) is 42.2 Å². The summed E-state index contributed by atoms with van der Waals surface area (Å²) in [5, 5.41) is 4.02. The summed E-state index contributed by atoms with van der Waals surface area (Å²) in [4.78, 5) is 49.8. The van der Waals surface area contributed by atoms with Crippen molar-refractivity contribution < 1.29 is 14.4 Å². The fourth-order valence-corrected chi connectivity index (χ4v) is 3.85. The number of nitrogens with one attached hydrogen (secondary N) is 1. The van der Waals surface area contributed by atoms with Gasteiger partial charge in [-0.25, -0.2) is 14.6 Å². The Morgan fingerprint density at radius 3 is 2.67 bits per heavy atom. The van der Waals surface area contributed by atoms with Crippen LogP contribution in [-0.2, 0) is 34.1 Å². The number of esters is 1. The van der Waals surface area contributed by atoms with Gasteiger partial charge in [0.05, 0.1) is 5.71 Å². The lowest BCUT2D eigenvalue weighted by Gasteiger charge is -2.10. The zero-order valence-electron chi connectivity index (χ0n) is 18.7. The number of oxime groups is 1. The molecular formula is C23H27N5O5. The molecule has 1 unspecified atom stereocenters. The number of carbonyl (C=O) groups excluding carboxylic acids is 1. The number of H-pyrrole nitrogens is 1. The van der Waals surface area contributed by atoms with Gasteiger partial charge >= 0.3 is 11.7 Å². The fraction of sp³-hybridized carbons (Fsp3) is 0.435. The molecule has 0 bridgehead atoms. The van der Waals surface area contributed by atoms with Crippen molar-refractivity contribution in [2.45, 2.75) is 65.3 Å². The van der Waals surface area contributed by atoms with Crippen molar-refractivity contribution in [3.8, 4) is 0 Å². The van der Waals surface area contributed by atoms with Gasteiger partial charge in [-0.1, -0.05) is 55.8 Å². The first-order valence-corrected chi connectivity index (χ1v) is 11.2. The molecule has 1 N–H and O–H groups in total. The molecule has 0 amide bonds. The molecule has 4 rings (SSSR count). The predicted molar refractivity (Wildman–Crippen MR) is 122 cm³/mol. The largest absolute Gasteiger partial charge is 0.455 e. The normalized spacial score (nSPS) is 15.5. The molecule has 3 heterocycles. The van der Waals surface area contributed by atoms with Crippen molar-refractivity contribution in [3.05, 3.63) is 62.6 Å². The molecule has 1 atom stereocenters. The van der Waals surface area contributed by atoms with E-state index in [1.54, 1.807) is 4.57 Å². The quantitative estimate of drug-likeness (QED) is 0.497. The summed E-state index contributed by atoms with van der Waals surface area (Å²) in [6, 6.07) is 9.49. The summed E-state index contributed by atoms with van der Waals surface area (Å²) in [6.45, 7) is 4.79. The van der Waals surface area contributed by atoms with Crippen molar-refractivity contribution >= 4 is 22.8 Å². The summed E-state index contributed by atoms with van der Waals surface area (Å²) >= 11 is 0. The Morgan fingerprint density at radius 1 is 1.15 bits per heavy atom. The lowest BCUT2D eigenvalue weighted by Crippen LogP contribution is -2.31. The van der Waals surface area contributed by atoms with Crippen LogP contribution in [0.4, 0.5) is 0 Å². The van der Waals surface area contributed by atoms with Crippen LogP contribution in [0.1, 0.15) is 50.9 Å². The third kappa shape index (κ3) is 4.59. The zero-order valence-corrected chi connectivity index (χ0v) is 18.7. The van der Waals surface area contributed by atoms with Crippen LogP contribution in [0.15, 0.2) is 45.1 Å². The smallest absolute Gasteiger partial charge is 0.351 e. The van der Waals surface area contributed by atoms with Gasteiger partial charge in [0.15, 0.2) is 11.2 Å². The van der Waals surface area contributed by atoms with Gasteiger partial charge in [-0.3, -0.25) is 14.3 Å². The Labute approximate surface area is 189 Å². The lowest BCUT2D eigenvalue weighted by molar-refractivity contribution is -0.157. The highest BCUT2D eigenvalue weighted by molar-refractivity contribution is 6.03. The van der Waals surface area contributed by atoms with Crippen LogP contribution in [0.25, 0.3) is 11.2 Å². The molecule has 1 aliphatic heterocycles. The van der Waals surface area contributed by atoms with Crippen molar-refractivity contribution in [2.75, 3.05) is 0 Å². The number of ether oxygens (including phenoxy) is 1. The first kappa shape index (κ1) is 22.5. The number of hydrogen-bond acceptors (Lipinski definition) is 7. The number of unbranched alkanes of at least 4 members (excludes halogenated alkanes) is 1. The van der Waals surface area contributed by atoms with Crippen molar-refractivity contribution in [1.29, 1.82) is 0 Å². The first-order valence-electron chi connectivity index (χ1n) is 11.2. The minimum absolute atomic E-state index is 0.143. The number of fused-ring (bicyclic) bond motifs is 1. The van der Waals surface area contributed by atoms with Gasteiger partial charge < -0.3 is 14.1 Å². The van der Waals surface area contributed by atoms with Crippen LogP contribution in [0.3, 0.4) is 0 Å². The lowest BCUT2D eigenvalue weighted by atomic mass is 10.1. The molecule has 2 aromatic heterocycles. The fourth-order valence-electron chi connectivity index (χ4n) is 3.85. The molecule has 0 aliphatic carbocycles. The highest BCUT2D eigenvalue weighted by Gasteiger charge is 2.31. The van der Waals surface area contributed by atoms with E-state index in [-0.39, 0.29) is 6.61 Å². The topological polar surface area (TPSA) is 121 Å². The molecule has 174 valence electrons. The molecule has 1 aromatic carbocycles. The summed E-state index contributed by atoms with van der Waals surface area (Å²) in [7, 11) is 0. The Morgan fingerprint density at radius 2 is 1.94 bits per heavy atom. The number of benzene rings is 1. The summed E-state index contributed by atoms with van der Waals surface area (Å²) in [5.74, 6) is -0.152. The van der Waals surface area contributed by atoms with Crippen LogP contribution in [0.5, 0.6) is 0 Å². The van der Waals surface area contributed by atoms with E-state index in [1.165, 1.54) is 4.57 Å². The number of aryl methyl sites for hydroxylation is 2. The second-order valence-electron chi connectivity index (χ2n) is 7.93. The van der Waals surface area contributed by atoms with Gasteiger partial charge in [-0.15, -0.1) is 0 Å². The predicted octanol–water partition coefficient (Wildman–Crippen LogP) is 2.33. The maximum Gasteiger partial charge on any atom is 0.351 e. The molecule has 10 nitrogen and oxygen atoms in total. The van der Waals surface area contributed by atoms with Gasteiger partial charge in [-0.2, -0.15) is 0 Å². The van der Waals surface area contributed by atoms with E-state index in [2.05, 4.69) is 15.1 Å². The van der Waals surface area contributed by atoms with Crippen molar-refractivity contribution in [3.63, 3.8) is 0 Å². The maximum absolute atomic E-state index is 12.6. The molecule has 33 heavy (non-hydrogen) atoms. The van der Waals surface area contributed by atoms with Gasteiger partial charge in [0, 0.05) is 19.5 Å². The maximum atomic E-state index is 12.6. The second-order valence-corrected chi connectivity index (χ2v) is 7.93. The number of nitrogens with zero attached hydrogens (tertiary/aromatic N) is 4. The van der Waals surface area contributed by atoms with E-state index in [4.69, 9.17) is 9.57 Å². The van der Waals surface area contributed by atoms with Gasteiger partial charge in [0.1, 0.15) is 12.4 Å². The highest BCUT2D eigenvalue weighted by atomic mass is 16.7. The van der Waals surface area contributed by atoms with Gasteiger partial charge in [0.2, 0.25) is 6.10 Å². The van der Waals surface area contributed by atoms with E-state index in [0.717, 1.165) is 24.8 Å². The number of carbonyl (C=O) groups is 1. The average Bonchev–Trinajstić information content (AvgIpc) is 3.44. The molecule has 0 fully saturated rings. The molecule has 10 heteroatoms. The first-order chi connectivity index (χ1) is 16.0. The van der Waals surface area contributed by atoms with E-state index in [1.807, 2.05) is 44.2 Å². The second kappa shape index (κ2) is 9.85. The molecule has 3 aromatic rings. The standard InChI is InChI=1S/C23H27N5O5/c1-3-5-12-28-20-19(21(29)25-23(28)31)27(11-4-2)18(24-20)14-32-22(30)17-13-16(26-33-17)15-9-7-6-8-10-15/h6-10,17H,3-5,11-14H2,1-2H3,(H,25,29,31). The van der Waals surface area contributed by atoms with Gasteiger partial charge in [0.25, 0.3) is 5.56 Å². The van der Waals surface area contributed by atoms with E-state index >= 15 is 0 Å². The molecule has 0 spiro atoms. The average molecular weight is 453 g/mol. The zero-order chi connectivity index (χ0) is 23.4. The van der Waals surface area contributed by atoms with Crippen LogP contribution < -0.4 is 11.2 Å². The minimum atomic E-state index is -0.838. The third-order valence-corrected chi connectivity index (χ3v) is 5.53. The highest BCUT2D eigenvalue weighted by Crippen LogP contribution is 2.19. The SMILES string of the molecule is CCCCn1c(=O)[nH]c(=O)c2c1nc(COC(=O)C1CC(c3ccccc3)=NO1)n2CCC. The van der Waals surface area contributed by atoms with E-state index < -0.39 is 23.3 Å². The van der Waals surface area contributed by atoms with Crippen LogP contribution in [-0.4, -0.2) is 36.9 Å². The third-order valence-electron chi connectivity index (χ3n) is 5.53. The van der Waals surface area contributed by atoms with Gasteiger partial charge in [-0.05, 0) is 18.4 Å². The Kier molecular flexibility index (Phi) is 6.71. The minimum Gasteiger partial charge on any atom is -0.455 e. The summed E-state index contributed by atoms with van der Waals surface area (Å²) < 4.78 is 8.67. The Bertz CT molecular complexity index is 1290. The number of aromatic amines is 1. The number of imidazole rings is 1. The van der Waals surface area contributed by atoms with Crippen LogP contribution in [0.2, 0.25) is 0 Å². The van der Waals surface area contributed by atoms with Crippen molar-refractivity contribution in [2.24, 2.45) is 5.16 Å². The summed E-state index contributed by atoms with van der Waals surface area (Å²) in [6.07, 6.45) is 1.87. The Hall–Kier alpha value is -3.69.